The number of benzene rings is 2. The van der Waals surface area contributed by atoms with Crippen LogP contribution in [0, 0.1) is 11.6 Å². The molecular weight excluding hydrogens is 370 g/mol. The average Bonchev–Trinajstić information content (AvgIpc) is 2.69. The van der Waals surface area contributed by atoms with Crippen LogP contribution in [0.5, 0.6) is 11.5 Å². The van der Waals surface area contributed by atoms with Crippen LogP contribution in [0.1, 0.15) is 15.9 Å². The molecule has 6 nitrogen and oxygen atoms in total. The number of methoxy groups -OCH3 is 2. The van der Waals surface area contributed by atoms with E-state index in [0.29, 0.717) is 22.6 Å². The number of ether oxygens (including phenoxy) is 2. The summed E-state index contributed by atoms with van der Waals surface area (Å²) in [5, 5.41) is 3.33. The molecule has 2 aromatic carbocycles. The van der Waals surface area contributed by atoms with Gasteiger partial charge in [-0.15, -0.1) is 0 Å². The molecule has 1 heterocycles. The molecule has 0 aliphatic rings. The zero-order chi connectivity index (χ0) is 20.3. The molecule has 0 radical (unpaired) electrons. The van der Waals surface area contributed by atoms with Crippen molar-refractivity contribution in [1.82, 2.24) is 10.3 Å². The van der Waals surface area contributed by atoms with E-state index in [4.69, 9.17) is 9.47 Å². The van der Waals surface area contributed by atoms with Crippen LogP contribution in [-0.2, 0) is 6.42 Å². The molecule has 8 heteroatoms. The lowest BCUT2D eigenvalue weighted by Gasteiger charge is -2.10. The van der Waals surface area contributed by atoms with E-state index in [2.05, 4.69) is 10.3 Å². The van der Waals surface area contributed by atoms with E-state index in [0.717, 1.165) is 17.5 Å². The molecule has 0 fully saturated rings. The quantitative estimate of drug-likeness (QED) is 0.681. The fraction of sp³-hybridized carbons (Fsp3) is 0.200. The molecular formula is C20H18F2N2O4. The monoisotopic (exact) mass is 388 g/mol. The Balaban J connectivity index is 1.75. The summed E-state index contributed by atoms with van der Waals surface area (Å²) in [6.07, 6.45) is 0.259. The van der Waals surface area contributed by atoms with Gasteiger partial charge in [0.1, 0.15) is 0 Å². The Morgan fingerprint density at radius 1 is 1.04 bits per heavy atom. The lowest BCUT2D eigenvalue weighted by Crippen LogP contribution is -2.27. The minimum Gasteiger partial charge on any atom is -0.493 e. The van der Waals surface area contributed by atoms with Crippen LogP contribution in [0.4, 0.5) is 8.78 Å². The number of hydrogen-bond acceptors (Lipinski definition) is 4. The molecule has 146 valence electrons. The van der Waals surface area contributed by atoms with Gasteiger partial charge in [0.25, 0.3) is 11.5 Å². The average molecular weight is 388 g/mol. The third-order valence-corrected chi connectivity index (χ3v) is 4.29. The molecule has 2 N–H and O–H groups in total. The standard InChI is InChI=1S/C20H18F2N2O4/c1-27-17-9-13-7-12(20(26)24-16(13)10-18(17)28-2)5-6-23-19(25)11-3-4-14(21)15(22)8-11/h3-4,7-10H,5-6H2,1-2H3,(H,23,25)(H,24,26). The predicted molar refractivity (Wildman–Crippen MR) is 100 cm³/mol. The van der Waals surface area contributed by atoms with Crippen LogP contribution in [-0.4, -0.2) is 31.7 Å². The lowest BCUT2D eigenvalue weighted by molar-refractivity contribution is 0.0953. The Bertz CT molecular complexity index is 1100. The molecule has 3 rings (SSSR count). The molecule has 0 aliphatic heterocycles. The number of fused-ring (bicyclic) bond motifs is 1. The Hall–Kier alpha value is -3.42. The number of halogens is 2. The van der Waals surface area contributed by atoms with E-state index >= 15 is 0 Å². The minimum atomic E-state index is -1.09. The highest BCUT2D eigenvalue weighted by Crippen LogP contribution is 2.31. The Morgan fingerprint density at radius 2 is 1.75 bits per heavy atom. The first-order valence-corrected chi connectivity index (χ1v) is 8.44. The van der Waals surface area contributed by atoms with Gasteiger partial charge >= 0.3 is 0 Å². The normalized spacial score (nSPS) is 10.7. The third-order valence-electron chi connectivity index (χ3n) is 4.29. The van der Waals surface area contributed by atoms with Gasteiger partial charge in [0.05, 0.1) is 19.7 Å². The van der Waals surface area contributed by atoms with Crippen LogP contribution in [0.3, 0.4) is 0 Å². The maximum absolute atomic E-state index is 13.2. The Kier molecular flexibility index (Phi) is 5.58. The zero-order valence-electron chi connectivity index (χ0n) is 15.3. The lowest BCUT2D eigenvalue weighted by atomic mass is 10.1. The van der Waals surface area contributed by atoms with Crippen molar-refractivity contribution in [2.75, 3.05) is 20.8 Å². The number of nitrogens with one attached hydrogen (secondary N) is 2. The minimum absolute atomic E-state index is 0.00292. The Labute approximate surface area is 159 Å². The number of carbonyl (C=O) groups excluding carboxylic acids is 1. The van der Waals surface area contributed by atoms with E-state index in [-0.39, 0.29) is 24.1 Å². The molecule has 1 aromatic heterocycles. The van der Waals surface area contributed by atoms with Gasteiger partial charge in [0.2, 0.25) is 0 Å². The molecule has 3 aromatic rings. The van der Waals surface area contributed by atoms with E-state index in [1.54, 1.807) is 18.2 Å². The molecule has 0 unspecified atom stereocenters. The summed E-state index contributed by atoms with van der Waals surface area (Å²) in [6, 6.07) is 8.03. The first kappa shape index (κ1) is 19.3. The van der Waals surface area contributed by atoms with Crippen LogP contribution in [0.15, 0.2) is 41.2 Å². The maximum atomic E-state index is 13.2. The Morgan fingerprint density at radius 3 is 2.43 bits per heavy atom. The van der Waals surface area contributed by atoms with Crippen LogP contribution >= 0.6 is 0 Å². The van der Waals surface area contributed by atoms with Gasteiger partial charge in [-0.1, -0.05) is 0 Å². The topological polar surface area (TPSA) is 80.4 Å². The molecule has 0 spiro atoms. The van der Waals surface area contributed by atoms with Crippen molar-refractivity contribution < 1.29 is 23.0 Å². The summed E-state index contributed by atoms with van der Waals surface area (Å²) in [5.74, 6) is -1.64. The fourth-order valence-electron chi connectivity index (χ4n) is 2.81. The van der Waals surface area contributed by atoms with Gasteiger partial charge < -0.3 is 19.8 Å². The molecule has 1 amide bonds. The summed E-state index contributed by atoms with van der Waals surface area (Å²) in [4.78, 5) is 27.1. The van der Waals surface area contributed by atoms with Crippen molar-refractivity contribution in [2.45, 2.75) is 6.42 Å². The second kappa shape index (κ2) is 8.08. The van der Waals surface area contributed by atoms with Crippen molar-refractivity contribution in [3.05, 3.63) is 69.5 Å². The number of carbonyl (C=O) groups is 1. The second-order valence-electron chi connectivity index (χ2n) is 6.05. The largest absolute Gasteiger partial charge is 0.493 e. The van der Waals surface area contributed by atoms with Crippen molar-refractivity contribution in [1.29, 1.82) is 0 Å². The molecule has 0 saturated carbocycles. The number of aromatic amines is 1. The molecule has 0 saturated heterocycles. The number of hydrogen-bond donors (Lipinski definition) is 2. The maximum Gasteiger partial charge on any atom is 0.251 e. The first-order chi connectivity index (χ1) is 13.4. The highest BCUT2D eigenvalue weighted by atomic mass is 19.2. The highest BCUT2D eigenvalue weighted by molar-refractivity contribution is 5.94. The van der Waals surface area contributed by atoms with Crippen molar-refractivity contribution in [3.8, 4) is 11.5 Å². The van der Waals surface area contributed by atoms with Crippen molar-refractivity contribution in [3.63, 3.8) is 0 Å². The summed E-state index contributed by atoms with van der Waals surface area (Å²) >= 11 is 0. The van der Waals surface area contributed by atoms with Crippen LogP contribution < -0.4 is 20.3 Å². The van der Waals surface area contributed by atoms with Crippen molar-refractivity contribution >= 4 is 16.8 Å². The predicted octanol–water partition coefficient (Wildman–Crippen LogP) is 2.80. The van der Waals surface area contributed by atoms with E-state index in [1.165, 1.54) is 20.3 Å². The molecule has 0 atom stereocenters. The van der Waals surface area contributed by atoms with Gasteiger partial charge in [0, 0.05) is 29.1 Å². The summed E-state index contributed by atoms with van der Waals surface area (Å²) < 4.78 is 36.7. The van der Waals surface area contributed by atoms with Gasteiger partial charge in [-0.2, -0.15) is 0 Å². The van der Waals surface area contributed by atoms with E-state index in [1.807, 2.05) is 0 Å². The second-order valence-corrected chi connectivity index (χ2v) is 6.05. The number of rotatable bonds is 6. The number of aromatic nitrogens is 1. The first-order valence-electron chi connectivity index (χ1n) is 8.44. The number of pyridine rings is 1. The van der Waals surface area contributed by atoms with Gasteiger partial charge in [-0.25, -0.2) is 8.78 Å². The SMILES string of the molecule is COc1cc2cc(CCNC(=O)c3ccc(F)c(F)c3)c(=O)[nH]c2cc1OC. The molecule has 0 bridgehead atoms. The molecule has 28 heavy (non-hydrogen) atoms. The summed E-state index contributed by atoms with van der Waals surface area (Å²) in [6.45, 7) is 0.152. The fourth-order valence-corrected chi connectivity index (χ4v) is 2.81. The zero-order valence-corrected chi connectivity index (χ0v) is 15.3. The van der Waals surface area contributed by atoms with E-state index in [9.17, 15) is 18.4 Å². The molecule has 0 aliphatic carbocycles. The van der Waals surface area contributed by atoms with Crippen LogP contribution in [0.2, 0.25) is 0 Å². The van der Waals surface area contributed by atoms with Gasteiger partial charge in [-0.3, -0.25) is 9.59 Å². The summed E-state index contributed by atoms with van der Waals surface area (Å²) in [7, 11) is 3.02. The number of amides is 1. The highest BCUT2D eigenvalue weighted by Gasteiger charge is 2.11. The van der Waals surface area contributed by atoms with Gasteiger partial charge in [-0.05, 0) is 36.8 Å². The summed E-state index contributed by atoms with van der Waals surface area (Å²) in [5.41, 5.74) is 0.771. The van der Waals surface area contributed by atoms with Gasteiger partial charge in [0.15, 0.2) is 23.1 Å². The number of H-pyrrole nitrogens is 1. The van der Waals surface area contributed by atoms with Crippen molar-refractivity contribution in [2.24, 2.45) is 0 Å². The van der Waals surface area contributed by atoms with E-state index < -0.39 is 17.5 Å². The smallest absolute Gasteiger partial charge is 0.251 e. The van der Waals surface area contributed by atoms with Crippen LogP contribution in [0.25, 0.3) is 10.9 Å². The third kappa shape index (κ3) is 3.95.